The van der Waals surface area contributed by atoms with Crippen LogP contribution < -0.4 is 4.89 Å². The second-order valence-corrected chi connectivity index (χ2v) is 2.85. The third-order valence-corrected chi connectivity index (χ3v) is 1.16. The molecule has 0 amide bonds. The van der Waals surface area contributed by atoms with Crippen LogP contribution in [-0.4, -0.2) is 18.0 Å². The quantitative estimate of drug-likeness (QED) is 0.296. The van der Waals surface area contributed by atoms with Crippen molar-refractivity contribution in [1.29, 1.82) is 0 Å². The molecule has 66 valence electrons. The number of ether oxygens (including phenoxy) is 1. The lowest BCUT2D eigenvalue weighted by molar-refractivity contribution is -0.143. The van der Waals surface area contributed by atoms with Crippen LogP contribution in [0.1, 0.15) is 20.8 Å². The molecular formula is C6H13NO3S. The van der Waals surface area contributed by atoms with E-state index < -0.39 is 0 Å². The summed E-state index contributed by atoms with van der Waals surface area (Å²) in [6.45, 7) is 5.20. The molecule has 0 fully saturated rings. The first-order chi connectivity index (χ1) is 5.13. The van der Waals surface area contributed by atoms with Crippen LogP contribution in [0.2, 0.25) is 0 Å². The van der Waals surface area contributed by atoms with E-state index in [1.54, 1.807) is 0 Å². The Kier molecular flexibility index (Phi) is 6.30. The van der Waals surface area contributed by atoms with Crippen molar-refractivity contribution in [2.24, 2.45) is 0 Å². The number of carbonyl (C=O) groups is 1. The molecular weight excluding hydrogens is 166 g/mol. The first-order valence-electron chi connectivity index (χ1n) is 3.28. The lowest BCUT2D eigenvalue weighted by Gasteiger charge is -2.06. The van der Waals surface area contributed by atoms with Gasteiger partial charge in [0, 0.05) is 6.92 Å². The molecule has 0 saturated heterocycles. The van der Waals surface area contributed by atoms with Crippen LogP contribution in [0.25, 0.3) is 0 Å². The maximum absolute atomic E-state index is 10.2. The molecule has 0 atom stereocenters. The van der Waals surface area contributed by atoms with Gasteiger partial charge in [-0.1, -0.05) is 4.89 Å². The van der Waals surface area contributed by atoms with E-state index in [-0.39, 0.29) is 12.1 Å². The molecule has 5 heteroatoms. The van der Waals surface area contributed by atoms with Crippen LogP contribution in [0.15, 0.2) is 0 Å². The van der Waals surface area contributed by atoms with E-state index in [9.17, 15) is 4.79 Å². The normalized spacial score (nSPS) is 10.2. The lowest BCUT2D eigenvalue weighted by atomic mass is 10.5. The average Bonchev–Trinajstić information content (AvgIpc) is 1.85. The Balaban J connectivity index is 2.97. The summed E-state index contributed by atoms with van der Waals surface area (Å²) in [7, 11) is 0. The van der Waals surface area contributed by atoms with E-state index in [0.717, 1.165) is 0 Å². The Labute approximate surface area is 70.7 Å². The highest BCUT2D eigenvalue weighted by Crippen LogP contribution is 1.97. The topological polar surface area (TPSA) is 47.6 Å². The third-order valence-electron chi connectivity index (χ3n) is 0.705. The van der Waals surface area contributed by atoms with Crippen molar-refractivity contribution in [2.45, 2.75) is 26.9 Å². The molecule has 0 spiro atoms. The molecule has 0 aliphatic rings. The van der Waals surface area contributed by atoms with Crippen molar-refractivity contribution >= 4 is 17.9 Å². The number of nitrogens with one attached hydrogen (secondary N) is 1. The van der Waals surface area contributed by atoms with Gasteiger partial charge in [-0.25, -0.2) is 0 Å². The Morgan fingerprint density at radius 1 is 1.64 bits per heavy atom. The van der Waals surface area contributed by atoms with Crippen molar-refractivity contribution in [3.8, 4) is 0 Å². The van der Waals surface area contributed by atoms with E-state index in [2.05, 4.69) is 9.72 Å². The predicted octanol–water partition coefficient (Wildman–Crippen LogP) is 1.08. The van der Waals surface area contributed by atoms with E-state index >= 15 is 0 Å². The molecule has 0 radical (unpaired) electrons. The summed E-state index contributed by atoms with van der Waals surface area (Å²) < 4.78 is 5.13. The van der Waals surface area contributed by atoms with Crippen LogP contribution in [0.5, 0.6) is 0 Å². The zero-order valence-corrected chi connectivity index (χ0v) is 7.73. The van der Waals surface area contributed by atoms with Crippen molar-refractivity contribution in [1.82, 2.24) is 4.89 Å². The van der Waals surface area contributed by atoms with E-state index in [4.69, 9.17) is 4.74 Å². The fourth-order valence-electron chi connectivity index (χ4n) is 0.282. The SMILES string of the molecule is CC(=O)ONSCOC(C)C. The standard InChI is InChI=1S/C6H13NO3S/c1-5(2)9-4-11-7-10-6(3)8/h5,7H,4H2,1-3H3. The Morgan fingerprint density at radius 2 is 2.27 bits per heavy atom. The molecule has 0 unspecified atom stereocenters. The van der Waals surface area contributed by atoms with Crippen LogP contribution >= 0.6 is 11.9 Å². The van der Waals surface area contributed by atoms with Gasteiger partial charge in [0.05, 0.1) is 6.10 Å². The molecule has 0 bridgehead atoms. The third kappa shape index (κ3) is 9.74. The van der Waals surface area contributed by atoms with Gasteiger partial charge in [-0.05, 0) is 25.8 Å². The Bertz CT molecular complexity index is 118. The monoisotopic (exact) mass is 179 g/mol. The summed E-state index contributed by atoms with van der Waals surface area (Å²) in [5.74, 6) is 0.104. The van der Waals surface area contributed by atoms with Gasteiger partial charge < -0.3 is 9.57 Å². The molecule has 0 rings (SSSR count). The van der Waals surface area contributed by atoms with Crippen LogP contribution in [0.4, 0.5) is 0 Å². The minimum atomic E-state index is -0.359. The lowest BCUT2D eigenvalue weighted by Crippen LogP contribution is -2.12. The van der Waals surface area contributed by atoms with Gasteiger partial charge in [0.25, 0.3) is 0 Å². The van der Waals surface area contributed by atoms with Crippen molar-refractivity contribution < 1.29 is 14.4 Å². The Hall–Kier alpha value is -0.260. The number of hydrogen-bond donors (Lipinski definition) is 1. The summed E-state index contributed by atoms with van der Waals surface area (Å²) in [5.41, 5.74) is 0. The summed E-state index contributed by atoms with van der Waals surface area (Å²) in [5, 5.41) is 0. The van der Waals surface area contributed by atoms with Crippen molar-refractivity contribution in [3.05, 3.63) is 0 Å². The average molecular weight is 179 g/mol. The fraction of sp³-hybridized carbons (Fsp3) is 0.833. The molecule has 0 aromatic carbocycles. The minimum absolute atomic E-state index is 0.196. The number of carbonyl (C=O) groups excluding carboxylic acids is 1. The second kappa shape index (κ2) is 6.45. The number of rotatable bonds is 5. The van der Waals surface area contributed by atoms with Gasteiger partial charge in [0.15, 0.2) is 0 Å². The maximum atomic E-state index is 10.2. The second-order valence-electron chi connectivity index (χ2n) is 2.15. The van der Waals surface area contributed by atoms with E-state index in [0.29, 0.717) is 5.94 Å². The van der Waals surface area contributed by atoms with Gasteiger partial charge >= 0.3 is 5.97 Å². The first kappa shape index (κ1) is 10.7. The summed E-state index contributed by atoms with van der Waals surface area (Å²) in [6, 6.07) is 0. The van der Waals surface area contributed by atoms with Gasteiger partial charge in [0.1, 0.15) is 5.94 Å². The molecule has 0 aliphatic heterocycles. The first-order valence-corrected chi connectivity index (χ1v) is 4.27. The minimum Gasteiger partial charge on any atom is -0.367 e. The Morgan fingerprint density at radius 3 is 2.73 bits per heavy atom. The summed E-state index contributed by atoms with van der Waals surface area (Å²) >= 11 is 1.19. The summed E-state index contributed by atoms with van der Waals surface area (Å²) in [4.78, 5) is 17.0. The largest absolute Gasteiger partial charge is 0.367 e. The molecule has 0 aromatic rings. The van der Waals surface area contributed by atoms with E-state index in [1.165, 1.54) is 18.9 Å². The van der Waals surface area contributed by atoms with Gasteiger partial charge in [-0.15, -0.1) is 0 Å². The maximum Gasteiger partial charge on any atom is 0.322 e. The van der Waals surface area contributed by atoms with Crippen LogP contribution in [0, 0.1) is 0 Å². The van der Waals surface area contributed by atoms with Gasteiger partial charge in [-0.3, -0.25) is 4.79 Å². The highest BCUT2D eigenvalue weighted by atomic mass is 32.2. The van der Waals surface area contributed by atoms with Gasteiger partial charge in [-0.2, -0.15) is 0 Å². The van der Waals surface area contributed by atoms with Crippen LogP contribution in [-0.2, 0) is 14.4 Å². The molecule has 4 nitrogen and oxygen atoms in total. The van der Waals surface area contributed by atoms with Crippen molar-refractivity contribution in [3.63, 3.8) is 0 Å². The van der Waals surface area contributed by atoms with Gasteiger partial charge in [0.2, 0.25) is 0 Å². The fourth-order valence-corrected chi connectivity index (χ4v) is 0.847. The molecule has 0 heterocycles. The highest BCUT2D eigenvalue weighted by Gasteiger charge is 1.94. The molecule has 0 aliphatic carbocycles. The van der Waals surface area contributed by atoms with Crippen molar-refractivity contribution in [2.75, 3.05) is 5.94 Å². The smallest absolute Gasteiger partial charge is 0.322 e. The number of hydrogen-bond acceptors (Lipinski definition) is 5. The zero-order valence-electron chi connectivity index (χ0n) is 6.92. The van der Waals surface area contributed by atoms with Crippen LogP contribution in [0.3, 0.4) is 0 Å². The zero-order chi connectivity index (χ0) is 8.69. The van der Waals surface area contributed by atoms with E-state index in [1.807, 2.05) is 13.8 Å². The molecule has 11 heavy (non-hydrogen) atoms. The molecule has 0 saturated carbocycles. The highest BCUT2D eigenvalue weighted by molar-refractivity contribution is 7.97. The predicted molar refractivity (Wildman–Crippen MR) is 43.6 cm³/mol. The molecule has 1 N–H and O–H groups in total. The summed E-state index contributed by atoms with van der Waals surface area (Å²) in [6.07, 6.45) is 0.196. The molecule has 0 aromatic heterocycles.